The summed E-state index contributed by atoms with van der Waals surface area (Å²) < 4.78 is 41.5. The molecule has 2 aliphatic rings. The van der Waals surface area contributed by atoms with E-state index in [-0.39, 0.29) is 17.8 Å². The first-order valence-electron chi connectivity index (χ1n) is 9.40. The van der Waals surface area contributed by atoms with E-state index in [4.69, 9.17) is 5.26 Å². The second-order valence-electron chi connectivity index (χ2n) is 7.46. The van der Waals surface area contributed by atoms with Crippen molar-refractivity contribution in [3.8, 4) is 6.07 Å². The van der Waals surface area contributed by atoms with Crippen LogP contribution in [0, 0.1) is 11.3 Å². The molecule has 0 aromatic heterocycles. The van der Waals surface area contributed by atoms with Gasteiger partial charge in [0.2, 0.25) is 0 Å². The van der Waals surface area contributed by atoms with Crippen molar-refractivity contribution in [3.63, 3.8) is 0 Å². The number of alkyl halides is 3. The molecule has 148 valence electrons. The number of fused-ring (bicyclic) bond motifs is 1. The summed E-state index contributed by atoms with van der Waals surface area (Å²) >= 11 is 0. The van der Waals surface area contributed by atoms with Crippen LogP contribution in [0.2, 0.25) is 0 Å². The van der Waals surface area contributed by atoms with Crippen LogP contribution in [-0.4, -0.2) is 34.3 Å². The number of benzene rings is 2. The normalized spacial score (nSPS) is 21.9. The third kappa shape index (κ3) is 3.29. The molecule has 2 aromatic rings. The molecule has 1 fully saturated rings. The van der Waals surface area contributed by atoms with Gasteiger partial charge in [-0.25, -0.2) is 4.90 Å². The van der Waals surface area contributed by atoms with Gasteiger partial charge in [-0.3, -0.25) is 0 Å². The van der Waals surface area contributed by atoms with Gasteiger partial charge in [0.1, 0.15) is 11.4 Å². The first-order chi connectivity index (χ1) is 13.8. The van der Waals surface area contributed by atoms with Crippen molar-refractivity contribution in [1.82, 2.24) is 4.90 Å². The highest BCUT2D eigenvalue weighted by atomic mass is 19.4. The van der Waals surface area contributed by atoms with Crippen LogP contribution in [-0.2, 0) is 6.18 Å². The van der Waals surface area contributed by atoms with E-state index in [1.807, 2.05) is 18.2 Å². The summed E-state index contributed by atoms with van der Waals surface area (Å²) in [5, 5.41) is 9.01. The summed E-state index contributed by atoms with van der Waals surface area (Å²) in [5.74, 6) is 0.298. The van der Waals surface area contributed by atoms with Crippen LogP contribution in [0.5, 0.6) is 0 Å². The zero-order valence-electron chi connectivity index (χ0n) is 15.8. The summed E-state index contributed by atoms with van der Waals surface area (Å²) in [5.41, 5.74) is 0.723. The summed E-state index contributed by atoms with van der Waals surface area (Å²) in [4.78, 5) is 14.5. The van der Waals surface area contributed by atoms with E-state index in [0.29, 0.717) is 12.3 Å². The second kappa shape index (κ2) is 7.03. The minimum Gasteiger partial charge on any atom is -0.218 e. The smallest absolute Gasteiger partial charge is 0.218 e. The largest absolute Gasteiger partial charge is 0.498 e. The molecule has 0 spiro atoms. The molecule has 7 heteroatoms. The predicted molar refractivity (Wildman–Crippen MR) is 101 cm³/mol. The van der Waals surface area contributed by atoms with E-state index in [9.17, 15) is 18.0 Å². The Morgan fingerprint density at radius 3 is 2.55 bits per heavy atom. The zero-order chi connectivity index (χ0) is 20.8. The Labute approximate surface area is 166 Å². The average molecular weight is 398 g/mol. The lowest BCUT2D eigenvalue weighted by atomic mass is 9.80. The van der Waals surface area contributed by atoms with Crippen molar-refractivity contribution in [2.45, 2.75) is 37.4 Å². The number of nitrogens with zero attached hydrogens (tertiary/aromatic N) is 3. The number of amides is 2. The SMILES string of the molecule is CN1C(=O)[N+](c2ccc(C#N)c(C(F)(F)F)c2)=C2CCC(c3ccccc3)C[C@H]21. The minimum atomic E-state index is -4.66. The fourth-order valence-corrected chi connectivity index (χ4v) is 4.38. The average Bonchev–Trinajstić information content (AvgIpc) is 2.97. The standard InChI is InChI=1S/C22H19F3N3O/c1-27-20-11-15(14-5-3-2-4-6-14)8-10-19(20)28(21(27)29)17-9-7-16(13-26)18(12-17)22(23,24)25/h2-7,9,12,15,20H,8,10-11H2,1H3/q+1/t15?,20-/m1/s1. The Morgan fingerprint density at radius 1 is 1.17 bits per heavy atom. The molecule has 4 rings (SSSR count). The van der Waals surface area contributed by atoms with Crippen molar-refractivity contribution < 1.29 is 22.5 Å². The summed E-state index contributed by atoms with van der Waals surface area (Å²) in [7, 11) is 1.69. The Bertz CT molecular complexity index is 1040. The Kier molecular flexibility index (Phi) is 4.65. The monoisotopic (exact) mass is 398 g/mol. The highest BCUT2D eigenvalue weighted by Gasteiger charge is 2.49. The molecule has 1 heterocycles. The lowest BCUT2D eigenvalue weighted by Gasteiger charge is -2.27. The van der Waals surface area contributed by atoms with Crippen molar-refractivity contribution >= 4 is 17.4 Å². The van der Waals surface area contributed by atoms with Crippen molar-refractivity contribution in [2.24, 2.45) is 0 Å². The van der Waals surface area contributed by atoms with Crippen LogP contribution in [0.15, 0.2) is 48.5 Å². The Hall–Kier alpha value is -3.14. The molecule has 0 bridgehead atoms. The van der Waals surface area contributed by atoms with Gasteiger partial charge in [-0.15, -0.1) is 0 Å². The first kappa shape index (κ1) is 19.2. The van der Waals surface area contributed by atoms with Crippen LogP contribution < -0.4 is 0 Å². The molecule has 2 atom stereocenters. The van der Waals surface area contributed by atoms with Crippen molar-refractivity contribution in [2.75, 3.05) is 7.05 Å². The van der Waals surface area contributed by atoms with Gasteiger partial charge in [0, 0.05) is 12.8 Å². The second-order valence-corrected chi connectivity index (χ2v) is 7.46. The molecular formula is C22H19F3N3O+. The quantitative estimate of drug-likeness (QED) is 0.664. The number of carbonyl (C=O) groups excluding carboxylic acids is 1. The molecule has 2 aromatic carbocycles. The van der Waals surface area contributed by atoms with Crippen LogP contribution in [0.25, 0.3) is 0 Å². The molecule has 1 saturated carbocycles. The fourth-order valence-electron chi connectivity index (χ4n) is 4.38. The van der Waals surface area contributed by atoms with Crippen LogP contribution in [0.1, 0.15) is 41.9 Å². The Morgan fingerprint density at radius 2 is 1.90 bits per heavy atom. The number of urea groups is 1. The number of nitriles is 1. The van der Waals surface area contributed by atoms with Gasteiger partial charge in [0.05, 0.1) is 24.2 Å². The number of carbonyl (C=O) groups is 1. The van der Waals surface area contributed by atoms with Gasteiger partial charge in [0.15, 0.2) is 6.04 Å². The molecule has 1 unspecified atom stereocenters. The molecule has 1 aliphatic carbocycles. The van der Waals surface area contributed by atoms with E-state index < -0.39 is 17.3 Å². The van der Waals surface area contributed by atoms with Gasteiger partial charge in [-0.1, -0.05) is 30.3 Å². The van der Waals surface area contributed by atoms with Gasteiger partial charge in [0.25, 0.3) is 0 Å². The van der Waals surface area contributed by atoms with Crippen molar-refractivity contribution in [1.29, 1.82) is 5.26 Å². The van der Waals surface area contributed by atoms with Gasteiger partial charge < -0.3 is 0 Å². The maximum absolute atomic E-state index is 13.4. The molecular weight excluding hydrogens is 379 g/mol. The molecule has 1 aliphatic heterocycles. The van der Waals surface area contributed by atoms with Gasteiger partial charge in [-0.05, 0) is 36.1 Å². The van der Waals surface area contributed by atoms with E-state index in [0.717, 1.165) is 30.7 Å². The number of halogens is 3. The predicted octanol–water partition coefficient (Wildman–Crippen LogP) is 5.06. The van der Waals surface area contributed by atoms with Gasteiger partial charge in [-0.2, -0.15) is 27.8 Å². The highest BCUT2D eigenvalue weighted by molar-refractivity contribution is 5.97. The Balaban J connectivity index is 1.74. The molecule has 0 N–H and O–H groups in total. The van der Waals surface area contributed by atoms with E-state index in [1.54, 1.807) is 18.0 Å². The fraction of sp³-hybridized carbons (Fsp3) is 0.318. The third-order valence-corrected chi connectivity index (χ3v) is 5.85. The third-order valence-electron chi connectivity index (χ3n) is 5.85. The molecule has 29 heavy (non-hydrogen) atoms. The van der Waals surface area contributed by atoms with Crippen LogP contribution >= 0.6 is 0 Å². The van der Waals surface area contributed by atoms with Crippen LogP contribution in [0.3, 0.4) is 0 Å². The maximum Gasteiger partial charge on any atom is 0.498 e. The summed E-state index contributed by atoms with van der Waals surface area (Å²) in [6.07, 6.45) is -2.47. The molecule has 0 saturated heterocycles. The molecule has 4 nitrogen and oxygen atoms in total. The van der Waals surface area contributed by atoms with Crippen molar-refractivity contribution in [3.05, 3.63) is 65.2 Å². The minimum absolute atomic E-state index is 0.147. The topological polar surface area (TPSA) is 47.1 Å². The zero-order valence-corrected chi connectivity index (χ0v) is 15.8. The van der Waals surface area contributed by atoms with E-state index in [2.05, 4.69) is 12.1 Å². The number of rotatable bonds is 2. The van der Waals surface area contributed by atoms with Gasteiger partial charge >= 0.3 is 12.2 Å². The highest BCUT2D eigenvalue weighted by Crippen LogP contribution is 2.39. The summed E-state index contributed by atoms with van der Waals surface area (Å²) in [6, 6.07) is 14.6. The lowest BCUT2D eigenvalue weighted by Crippen LogP contribution is -2.38. The maximum atomic E-state index is 13.4. The van der Waals surface area contributed by atoms with E-state index in [1.165, 1.54) is 16.2 Å². The number of hydrogen-bond acceptors (Lipinski definition) is 2. The first-order valence-corrected chi connectivity index (χ1v) is 9.40. The summed E-state index contributed by atoms with van der Waals surface area (Å²) in [6.45, 7) is 0. The van der Waals surface area contributed by atoms with Crippen LogP contribution in [0.4, 0.5) is 23.7 Å². The molecule has 0 radical (unpaired) electrons. The lowest BCUT2D eigenvalue weighted by molar-refractivity contribution is -0.333. The van der Waals surface area contributed by atoms with E-state index >= 15 is 0 Å². The number of hydrogen-bond donors (Lipinski definition) is 0. The molecule has 2 amide bonds.